The molecule has 2 atom stereocenters. The Morgan fingerprint density at radius 3 is 1.92 bits per heavy atom. The summed E-state index contributed by atoms with van der Waals surface area (Å²) in [6.07, 6.45) is 0.776. The SMILES string of the molecule is CCOC(=O)[C@H]1CC[C@H](C(=O)OCC)N1C(=O)c1ccc(C)c(C)c1. The number of benzene rings is 1. The summed E-state index contributed by atoms with van der Waals surface area (Å²) < 4.78 is 10.2. The van der Waals surface area contributed by atoms with Crippen molar-refractivity contribution in [2.75, 3.05) is 13.2 Å². The molecule has 136 valence electrons. The summed E-state index contributed by atoms with van der Waals surface area (Å²) in [5.74, 6) is -1.31. The lowest BCUT2D eigenvalue weighted by atomic mass is 10.0. The quantitative estimate of drug-likeness (QED) is 0.765. The van der Waals surface area contributed by atoms with Gasteiger partial charge in [0.2, 0.25) is 0 Å². The molecule has 0 saturated carbocycles. The maximum Gasteiger partial charge on any atom is 0.328 e. The zero-order valence-corrected chi connectivity index (χ0v) is 15.2. The fourth-order valence-corrected chi connectivity index (χ4v) is 3.06. The summed E-state index contributed by atoms with van der Waals surface area (Å²) >= 11 is 0. The van der Waals surface area contributed by atoms with E-state index >= 15 is 0 Å². The average Bonchev–Trinajstić information content (AvgIpc) is 3.02. The minimum Gasteiger partial charge on any atom is -0.464 e. The van der Waals surface area contributed by atoms with Crippen LogP contribution in [0.1, 0.15) is 48.2 Å². The van der Waals surface area contributed by atoms with E-state index in [-0.39, 0.29) is 19.1 Å². The Morgan fingerprint density at radius 2 is 1.48 bits per heavy atom. The molecule has 1 aromatic carbocycles. The van der Waals surface area contributed by atoms with Crippen LogP contribution in [0.2, 0.25) is 0 Å². The van der Waals surface area contributed by atoms with E-state index in [0.717, 1.165) is 11.1 Å². The first kappa shape index (κ1) is 19.0. The third-order valence-electron chi connectivity index (χ3n) is 4.49. The zero-order chi connectivity index (χ0) is 18.6. The van der Waals surface area contributed by atoms with Crippen LogP contribution in [0.3, 0.4) is 0 Å². The highest BCUT2D eigenvalue weighted by molar-refractivity contribution is 6.00. The summed E-state index contributed by atoms with van der Waals surface area (Å²) in [5.41, 5.74) is 2.50. The van der Waals surface area contributed by atoms with E-state index in [9.17, 15) is 14.4 Å². The standard InChI is InChI=1S/C19H25NO5/c1-5-24-18(22)15-9-10-16(19(23)25-6-2)20(15)17(21)14-8-7-12(3)13(4)11-14/h7-8,11,15-16H,5-6,9-10H2,1-4H3/t15-,16-/m1/s1. The third kappa shape index (κ3) is 4.00. The lowest BCUT2D eigenvalue weighted by molar-refractivity contribution is -0.151. The third-order valence-corrected chi connectivity index (χ3v) is 4.49. The van der Waals surface area contributed by atoms with Crippen molar-refractivity contribution >= 4 is 17.8 Å². The van der Waals surface area contributed by atoms with Crippen molar-refractivity contribution in [1.82, 2.24) is 4.90 Å². The molecule has 0 radical (unpaired) electrons. The number of esters is 2. The van der Waals surface area contributed by atoms with Crippen LogP contribution < -0.4 is 0 Å². The van der Waals surface area contributed by atoms with Crippen molar-refractivity contribution in [2.24, 2.45) is 0 Å². The van der Waals surface area contributed by atoms with E-state index in [2.05, 4.69) is 0 Å². The zero-order valence-electron chi connectivity index (χ0n) is 15.2. The fraction of sp³-hybridized carbons (Fsp3) is 0.526. The van der Waals surface area contributed by atoms with Crippen LogP contribution in [0.15, 0.2) is 18.2 Å². The molecule has 1 amide bonds. The lowest BCUT2D eigenvalue weighted by Gasteiger charge is -2.28. The smallest absolute Gasteiger partial charge is 0.328 e. The Labute approximate surface area is 148 Å². The van der Waals surface area contributed by atoms with Crippen LogP contribution in [-0.4, -0.2) is 48.0 Å². The first-order chi connectivity index (χ1) is 11.9. The number of carbonyl (C=O) groups is 3. The first-order valence-corrected chi connectivity index (χ1v) is 8.63. The van der Waals surface area contributed by atoms with Crippen molar-refractivity contribution in [3.05, 3.63) is 34.9 Å². The Bertz CT molecular complexity index is 644. The van der Waals surface area contributed by atoms with Crippen LogP contribution in [-0.2, 0) is 19.1 Å². The minimum atomic E-state index is -0.761. The lowest BCUT2D eigenvalue weighted by Crippen LogP contribution is -2.48. The average molecular weight is 347 g/mol. The van der Waals surface area contributed by atoms with Crippen molar-refractivity contribution in [2.45, 2.75) is 52.6 Å². The summed E-state index contributed by atoms with van der Waals surface area (Å²) in [5, 5.41) is 0. The predicted octanol–water partition coefficient (Wildman–Crippen LogP) is 2.40. The van der Waals surface area contributed by atoms with Gasteiger partial charge in [-0.3, -0.25) is 4.79 Å². The highest BCUT2D eigenvalue weighted by Crippen LogP contribution is 2.28. The number of hydrogen-bond donors (Lipinski definition) is 0. The molecule has 0 aromatic heterocycles. The molecular weight excluding hydrogens is 322 g/mol. The van der Waals surface area contributed by atoms with Crippen molar-refractivity contribution in [1.29, 1.82) is 0 Å². The molecule has 25 heavy (non-hydrogen) atoms. The van der Waals surface area contributed by atoms with Gasteiger partial charge in [0.05, 0.1) is 13.2 Å². The van der Waals surface area contributed by atoms with Crippen molar-refractivity contribution in [3.8, 4) is 0 Å². The molecule has 2 rings (SSSR count). The Morgan fingerprint density at radius 1 is 0.960 bits per heavy atom. The van der Waals surface area contributed by atoms with Gasteiger partial charge in [-0.1, -0.05) is 6.07 Å². The number of aryl methyl sites for hydroxylation is 2. The van der Waals surface area contributed by atoms with Gasteiger partial charge < -0.3 is 14.4 Å². The van der Waals surface area contributed by atoms with E-state index in [1.54, 1.807) is 26.0 Å². The number of likely N-dealkylation sites (tertiary alicyclic amines) is 1. The van der Waals surface area contributed by atoms with Gasteiger partial charge in [0.1, 0.15) is 12.1 Å². The Balaban J connectivity index is 2.35. The number of nitrogens with zero attached hydrogens (tertiary/aromatic N) is 1. The molecule has 0 unspecified atom stereocenters. The molecule has 1 aromatic rings. The topological polar surface area (TPSA) is 72.9 Å². The second-order valence-corrected chi connectivity index (χ2v) is 6.12. The maximum absolute atomic E-state index is 13.1. The van der Waals surface area contributed by atoms with E-state index in [4.69, 9.17) is 9.47 Å². The Hall–Kier alpha value is -2.37. The van der Waals surface area contributed by atoms with E-state index in [1.807, 2.05) is 19.9 Å². The predicted molar refractivity (Wildman–Crippen MR) is 92.2 cm³/mol. The van der Waals surface area contributed by atoms with Crippen LogP contribution in [0.5, 0.6) is 0 Å². The number of rotatable bonds is 5. The van der Waals surface area contributed by atoms with Crippen LogP contribution in [0.25, 0.3) is 0 Å². The highest BCUT2D eigenvalue weighted by Gasteiger charge is 2.45. The molecule has 0 aliphatic carbocycles. The van der Waals surface area contributed by atoms with Gasteiger partial charge >= 0.3 is 11.9 Å². The van der Waals surface area contributed by atoms with Gasteiger partial charge in [0.15, 0.2) is 0 Å². The van der Waals surface area contributed by atoms with Crippen LogP contribution in [0, 0.1) is 13.8 Å². The summed E-state index contributed by atoms with van der Waals surface area (Å²) in [6.45, 7) is 7.76. The normalized spacial score (nSPS) is 19.6. The molecule has 1 heterocycles. The molecule has 1 aliphatic heterocycles. The van der Waals surface area contributed by atoms with Gasteiger partial charge in [0.25, 0.3) is 5.91 Å². The molecule has 6 heteroatoms. The maximum atomic E-state index is 13.1. The van der Waals surface area contributed by atoms with Gasteiger partial charge in [-0.05, 0) is 63.8 Å². The van der Waals surface area contributed by atoms with Crippen LogP contribution in [0.4, 0.5) is 0 Å². The number of amides is 1. The number of ether oxygens (including phenoxy) is 2. The number of hydrogen-bond acceptors (Lipinski definition) is 5. The molecular formula is C19H25NO5. The van der Waals surface area contributed by atoms with E-state index in [0.29, 0.717) is 18.4 Å². The van der Waals surface area contributed by atoms with E-state index in [1.165, 1.54) is 4.90 Å². The molecule has 1 saturated heterocycles. The molecule has 0 bridgehead atoms. The Kier molecular flexibility index (Phi) is 6.17. The monoisotopic (exact) mass is 347 g/mol. The molecule has 0 N–H and O–H groups in total. The van der Waals surface area contributed by atoms with Crippen molar-refractivity contribution in [3.63, 3.8) is 0 Å². The molecule has 6 nitrogen and oxygen atoms in total. The molecule has 0 spiro atoms. The highest BCUT2D eigenvalue weighted by atomic mass is 16.5. The second kappa shape index (κ2) is 8.14. The molecule has 1 fully saturated rings. The summed E-state index contributed by atoms with van der Waals surface area (Å²) in [4.78, 5) is 38.9. The van der Waals surface area contributed by atoms with Gasteiger partial charge in [-0.25, -0.2) is 9.59 Å². The van der Waals surface area contributed by atoms with Gasteiger partial charge in [0, 0.05) is 5.56 Å². The van der Waals surface area contributed by atoms with Crippen molar-refractivity contribution < 1.29 is 23.9 Å². The summed E-state index contributed by atoms with van der Waals surface area (Å²) in [6, 6.07) is 3.83. The van der Waals surface area contributed by atoms with E-state index < -0.39 is 24.0 Å². The largest absolute Gasteiger partial charge is 0.464 e. The summed E-state index contributed by atoms with van der Waals surface area (Å²) in [7, 11) is 0. The fourth-order valence-electron chi connectivity index (χ4n) is 3.06. The minimum absolute atomic E-state index is 0.227. The van der Waals surface area contributed by atoms with Crippen LogP contribution >= 0.6 is 0 Å². The first-order valence-electron chi connectivity index (χ1n) is 8.63. The molecule has 1 aliphatic rings. The number of carbonyl (C=O) groups excluding carboxylic acids is 3. The van der Waals surface area contributed by atoms with Gasteiger partial charge in [-0.2, -0.15) is 0 Å². The second-order valence-electron chi connectivity index (χ2n) is 6.12. The van der Waals surface area contributed by atoms with Gasteiger partial charge in [-0.15, -0.1) is 0 Å².